The van der Waals surface area contributed by atoms with Crippen molar-refractivity contribution in [3.63, 3.8) is 0 Å². The second-order valence-electron chi connectivity index (χ2n) is 2.00. The molecule has 0 aromatic carbocycles. The second kappa shape index (κ2) is 3.95. The molecular weight excluding hydrogens is 292 g/mol. The maximum atomic E-state index is 10.3. The van der Waals surface area contributed by atoms with Gasteiger partial charge in [0.2, 0.25) is 0 Å². The van der Waals surface area contributed by atoms with E-state index in [2.05, 4.69) is 36.8 Å². The first kappa shape index (κ1) is 9.60. The molecule has 64 valence electrons. The minimum Gasteiger partial charge on any atom is -0.259 e. The van der Waals surface area contributed by atoms with Gasteiger partial charge in [0, 0.05) is 18.3 Å². The van der Waals surface area contributed by atoms with Crippen molar-refractivity contribution in [3.05, 3.63) is 34.1 Å². The summed E-state index contributed by atoms with van der Waals surface area (Å²) in [6.45, 7) is 0. The molecular formula is C6H4Br2N2O2. The highest BCUT2D eigenvalue weighted by atomic mass is 79.9. The largest absolute Gasteiger partial charge is 0.272 e. The Labute approximate surface area is 85.4 Å². The molecule has 6 heteroatoms. The molecule has 0 aliphatic heterocycles. The van der Waals surface area contributed by atoms with Crippen LogP contribution in [0.3, 0.4) is 0 Å². The Hall–Kier alpha value is -0.490. The molecule has 4 nitrogen and oxygen atoms in total. The Morgan fingerprint density at radius 3 is 2.75 bits per heavy atom. The van der Waals surface area contributed by atoms with E-state index in [-0.39, 0.29) is 9.42 Å². The van der Waals surface area contributed by atoms with Gasteiger partial charge in [-0.3, -0.25) is 15.1 Å². The summed E-state index contributed by atoms with van der Waals surface area (Å²) in [5.74, 6) is 0. The quantitative estimate of drug-likeness (QED) is 0.479. The van der Waals surface area contributed by atoms with E-state index in [0.29, 0.717) is 5.69 Å². The maximum absolute atomic E-state index is 10.3. The lowest BCUT2D eigenvalue weighted by molar-refractivity contribution is -0.385. The maximum Gasteiger partial charge on any atom is 0.272 e. The smallest absolute Gasteiger partial charge is 0.259 e. The van der Waals surface area contributed by atoms with Gasteiger partial charge in [-0.2, -0.15) is 0 Å². The van der Waals surface area contributed by atoms with Gasteiger partial charge in [-0.1, -0.05) is 31.9 Å². The van der Waals surface area contributed by atoms with Crippen LogP contribution < -0.4 is 0 Å². The first-order valence-corrected chi connectivity index (χ1v) is 4.83. The highest BCUT2D eigenvalue weighted by molar-refractivity contribution is 9.24. The molecule has 0 amide bonds. The number of nitro groups is 1. The number of nitrogens with zero attached hydrogens (tertiary/aromatic N) is 2. The number of hydrogen-bond acceptors (Lipinski definition) is 3. The molecule has 0 aliphatic rings. The van der Waals surface area contributed by atoms with E-state index in [9.17, 15) is 10.1 Å². The highest BCUT2D eigenvalue weighted by Crippen LogP contribution is 2.28. The van der Waals surface area contributed by atoms with Gasteiger partial charge in [0.15, 0.2) is 0 Å². The van der Waals surface area contributed by atoms with Crippen molar-refractivity contribution in [2.24, 2.45) is 0 Å². The van der Waals surface area contributed by atoms with Gasteiger partial charge in [-0.25, -0.2) is 0 Å². The lowest BCUT2D eigenvalue weighted by atomic mass is 10.3. The summed E-state index contributed by atoms with van der Waals surface area (Å²) in [5.41, 5.74) is 0.633. The Bertz CT molecular complexity index is 303. The molecule has 1 aromatic rings. The third-order valence-corrected chi connectivity index (χ3v) is 2.14. The average molecular weight is 296 g/mol. The van der Waals surface area contributed by atoms with Crippen LogP contribution in [0.2, 0.25) is 0 Å². The van der Waals surface area contributed by atoms with E-state index in [1.54, 1.807) is 0 Å². The van der Waals surface area contributed by atoms with Crippen LogP contribution in [0.5, 0.6) is 0 Å². The van der Waals surface area contributed by atoms with Crippen LogP contribution in [0, 0.1) is 10.1 Å². The van der Waals surface area contributed by atoms with E-state index in [4.69, 9.17) is 0 Å². The van der Waals surface area contributed by atoms with Gasteiger partial charge >= 0.3 is 0 Å². The highest BCUT2D eigenvalue weighted by Gasteiger charge is 2.10. The van der Waals surface area contributed by atoms with Crippen LogP contribution in [0.1, 0.15) is 9.43 Å². The molecule has 12 heavy (non-hydrogen) atoms. The zero-order chi connectivity index (χ0) is 9.14. The average Bonchev–Trinajstić information content (AvgIpc) is 2.04. The van der Waals surface area contributed by atoms with E-state index in [1.807, 2.05) is 0 Å². The summed E-state index contributed by atoms with van der Waals surface area (Å²) in [4.78, 5) is 13.8. The van der Waals surface area contributed by atoms with Crippen molar-refractivity contribution in [1.82, 2.24) is 4.98 Å². The summed E-state index contributed by atoms with van der Waals surface area (Å²) in [7, 11) is 0. The molecule has 0 radical (unpaired) electrons. The SMILES string of the molecule is O=[N+]([O-])c1ccnc(C(Br)Br)c1. The number of pyridine rings is 1. The molecule has 0 atom stereocenters. The summed E-state index contributed by atoms with van der Waals surface area (Å²) in [5, 5.41) is 10.3. The topological polar surface area (TPSA) is 56.0 Å². The Morgan fingerprint density at radius 2 is 2.25 bits per heavy atom. The van der Waals surface area contributed by atoms with Crippen molar-refractivity contribution in [1.29, 1.82) is 0 Å². The molecule has 0 saturated heterocycles. The van der Waals surface area contributed by atoms with E-state index in [0.717, 1.165) is 0 Å². The fraction of sp³-hybridized carbons (Fsp3) is 0.167. The van der Waals surface area contributed by atoms with Gasteiger partial charge in [0.1, 0.15) is 3.74 Å². The molecule has 1 heterocycles. The van der Waals surface area contributed by atoms with Gasteiger partial charge in [-0.15, -0.1) is 0 Å². The minimum atomic E-state index is -0.451. The molecule has 0 spiro atoms. The molecule has 0 aliphatic carbocycles. The molecule has 0 unspecified atom stereocenters. The number of alkyl halides is 2. The van der Waals surface area contributed by atoms with Gasteiger partial charge in [0.25, 0.3) is 5.69 Å². The van der Waals surface area contributed by atoms with Crippen LogP contribution in [0.25, 0.3) is 0 Å². The lowest BCUT2D eigenvalue weighted by Crippen LogP contribution is -1.92. The zero-order valence-corrected chi connectivity index (χ0v) is 8.95. The van der Waals surface area contributed by atoms with E-state index < -0.39 is 4.92 Å². The fourth-order valence-corrected chi connectivity index (χ4v) is 1.17. The van der Waals surface area contributed by atoms with Crippen LogP contribution in [0.4, 0.5) is 5.69 Å². The predicted molar refractivity (Wildman–Crippen MR) is 51.5 cm³/mol. The molecule has 1 rings (SSSR count). The monoisotopic (exact) mass is 294 g/mol. The standard InChI is InChI=1S/C6H4Br2N2O2/c7-6(8)5-3-4(10(11)12)1-2-9-5/h1-3,6H. The third kappa shape index (κ3) is 2.25. The summed E-state index contributed by atoms with van der Waals surface area (Å²) < 4.78 is -0.148. The van der Waals surface area contributed by atoms with Crippen molar-refractivity contribution in [3.8, 4) is 0 Å². The lowest BCUT2D eigenvalue weighted by Gasteiger charge is -1.98. The Kier molecular flexibility index (Phi) is 3.16. The summed E-state index contributed by atoms with van der Waals surface area (Å²) in [6, 6.07) is 2.76. The molecule has 0 saturated carbocycles. The number of halogens is 2. The van der Waals surface area contributed by atoms with Crippen molar-refractivity contribution < 1.29 is 4.92 Å². The fourth-order valence-electron chi connectivity index (χ4n) is 0.669. The van der Waals surface area contributed by atoms with Crippen LogP contribution in [-0.4, -0.2) is 9.91 Å². The zero-order valence-electron chi connectivity index (χ0n) is 5.78. The normalized spacial score (nSPS) is 10.2. The number of hydrogen-bond donors (Lipinski definition) is 0. The molecule has 1 aromatic heterocycles. The molecule has 0 N–H and O–H groups in total. The second-order valence-corrected chi connectivity index (χ2v) is 5.06. The summed E-state index contributed by atoms with van der Waals surface area (Å²) >= 11 is 6.39. The Morgan fingerprint density at radius 1 is 1.58 bits per heavy atom. The third-order valence-electron chi connectivity index (χ3n) is 1.20. The van der Waals surface area contributed by atoms with E-state index >= 15 is 0 Å². The predicted octanol–water partition coefficient (Wildman–Crippen LogP) is 2.78. The van der Waals surface area contributed by atoms with Gasteiger partial charge < -0.3 is 0 Å². The van der Waals surface area contributed by atoms with E-state index in [1.165, 1.54) is 18.3 Å². The first-order valence-electron chi connectivity index (χ1n) is 3.00. The van der Waals surface area contributed by atoms with Crippen molar-refractivity contribution in [2.75, 3.05) is 0 Å². The number of rotatable bonds is 2. The van der Waals surface area contributed by atoms with Crippen molar-refractivity contribution >= 4 is 37.5 Å². The van der Waals surface area contributed by atoms with Crippen LogP contribution in [0.15, 0.2) is 18.3 Å². The molecule has 0 fully saturated rings. The van der Waals surface area contributed by atoms with Crippen LogP contribution in [-0.2, 0) is 0 Å². The van der Waals surface area contributed by atoms with Crippen LogP contribution >= 0.6 is 31.9 Å². The number of aromatic nitrogens is 1. The first-order chi connectivity index (χ1) is 5.61. The summed E-state index contributed by atoms with van der Waals surface area (Å²) in [6.07, 6.45) is 1.41. The molecule has 0 bridgehead atoms. The Balaban J connectivity index is 3.04. The minimum absolute atomic E-state index is 0.0453. The van der Waals surface area contributed by atoms with Gasteiger partial charge in [0.05, 0.1) is 10.6 Å². The van der Waals surface area contributed by atoms with Crippen molar-refractivity contribution in [2.45, 2.75) is 3.74 Å². The van der Waals surface area contributed by atoms with Gasteiger partial charge in [-0.05, 0) is 0 Å².